The molecule has 5 unspecified atom stereocenters. The average Bonchev–Trinajstić information content (AvgIpc) is 3.27. The number of aromatic nitrogens is 2. The number of aliphatic carboxylic acids is 1. The first kappa shape index (κ1) is 29.1. The molecule has 5 atom stereocenters. The average molecular weight is 481 g/mol. The van der Waals surface area contributed by atoms with E-state index in [1.807, 2.05) is 27.7 Å². The van der Waals surface area contributed by atoms with Crippen molar-refractivity contribution in [3.63, 3.8) is 0 Å². The molecule has 1 aromatic rings. The molecule has 0 aromatic carbocycles. The summed E-state index contributed by atoms with van der Waals surface area (Å²) in [5, 5.41) is 17.3. The molecule has 0 fully saturated rings. The number of amides is 3. The summed E-state index contributed by atoms with van der Waals surface area (Å²) in [4.78, 5) is 57.2. The lowest BCUT2D eigenvalue weighted by molar-refractivity contribution is -0.143. The van der Waals surface area contributed by atoms with Crippen LogP contribution in [0.4, 0.5) is 0 Å². The molecular formula is C23H40N6O5. The quantitative estimate of drug-likeness (QED) is 0.225. The van der Waals surface area contributed by atoms with Gasteiger partial charge in [0.15, 0.2) is 0 Å². The van der Waals surface area contributed by atoms with Crippen LogP contribution in [0, 0.1) is 17.8 Å². The third kappa shape index (κ3) is 9.12. The van der Waals surface area contributed by atoms with Crippen molar-refractivity contribution in [2.45, 2.75) is 85.0 Å². The monoisotopic (exact) mass is 480 g/mol. The van der Waals surface area contributed by atoms with Crippen LogP contribution in [0.5, 0.6) is 0 Å². The van der Waals surface area contributed by atoms with Gasteiger partial charge in [-0.2, -0.15) is 0 Å². The second-order valence-electron chi connectivity index (χ2n) is 9.51. The molecule has 1 heterocycles. The Balaban J connectivity index is 3.08. The molecule has 0 aliphatic rings. The van der Waals surface area contributed by atoms with Gasteiger partial charge in [-0.1, -0.05) is 48.0 Å². The number of nitrogens with two attached hydrogens (primary N) is 1. The number of carbonyl (C=O) groups excluding carboxylic acids is 3. The van der Waals surface area contributed by atoms with Crippen LogP contribution in [0.3, 0.4) is 0 Å². The molecule has 3 amide bonds. The molecule has 192 valence electrons. The smallest absolute Gasteiger partial charge is 0.326 e. The van der Waals surface area contributed by atoms with Crippen LogP contribution in [-0.2, 0) is 25.6 Å². The molecule has 0 aliphatic heterocycles. The van der Waals surface area contributed by atoms with Gasteiger partial charge in [0, 0.05) is 18.3 Å². The first-order valence-corrected chi connectivity index (χ1v) is 11.7. The van der Waals surface area contributed by atoms with Crippen LogP contribution < -0.4 is 21.7 Å². The highest BCUT2D eigenvalue weighted by atomic mass is 16.4. The molecule has 0 radical (unpaired) electrons. The lowest BCUT2D eigenvalue weighted by Gasteiger charge is -2.27. The topological polar surface area (TPSA) is 179 Å². The molecule has 11 nitrogen and oxygen atoms in total. The highest BCUT2D eigenvalue weighted by Crippen LogP contribution is 2.10. The fourth-order valence-corrected chi connectivity index (χ4v) is 3.35. The summed E-state index contributed by atoms with van der Waals surface area (Å²) in [6, 6.07) is -3.87. The molecule has 11 heteroatoms. The van der Waals surface area contributed by atoms with Crippen LogP contribution >= 0.6 is 0 Å². The van der Waals surface area contributed by atoms with Gasteiger partial charge in [0.05, 0.1) is 12.4 Å². The lowest BCUT2D eigenvalue weighted by Crippen LogP contribution is -2.58. The molecule has 0 bridgehead atoms. The van der Waals surface area contributed by atoms with Crippen molar-refractivity contribution >= 4 is 23.7 Å². The van der Waals surface area contributed by atoms with Crippen molar-refractivity contribution in [1.29, 1.82) is 0 Å². The first-order chi connectivity index (χ1) is 15.9. The standard InChI is InChI=1S/C23H40N6O5/c1-7-14(6)18(24)22(32)28-16(8-12(2)3)20(30)27-17(9-15-10-25-11-26-15)21(31)29-19(13(4)5)23(33)34/h10-14,16-19H,7-9,24H2,1-6H3,(H,25,26)(H,27,30)(H,28,32)(H,29,31)(H,33,34). The largest absolute Gasteiger partial charge is 0.480 e. The van der Waals surface area contributed by atoms with Gasteiger partial charge in [-0.05, 0) is 24.2 Å². The summed E-state index contributed by atoms with van der Waals surface area (Å²) < 4.78 is 0. The Morgan fingerprint density at radius 1 is 1.00 bits per heavy atom. The molecule has 0 spiro atoms. The van der Waals surface area contributed by atoms with Crippen LogP contribution in [0.15, 0.2) is 12.5 Å². The van der Waals surface area contributed by atoms with Gasteiger partial charge in [0.2, 0.25) is 17.7 Å². The maximum absolute atomic E-state index is 13.2. The van der Waals surface area contributed by atoms with E-state index in [1.165, 1.54) is 12.5 Å². The number of hydrogen-bond donors (Lipinski definition) is 6. The summed E-state index contributed by atoms with van der Waals surface area (Å²) >= 11 is 0. The minimum Gasteiger partial charge on any atom is -0.480 e. The van der Waals surface area contributed by atoms with E-state index >= 15 is 0 Å². The van der Waals surface area contributed by atoms with E-state index < -0.39 is 47.9 Å². The second kappa shape index (κ2) is 13.7. The number of imidazole rings is 1. The third-order valence-electron chi connectivity index (χ3n) is 5.74. The Hall–Kier alpha value is -2.95. The highest BCUT2D eigenvalue weighted by molar-refractivity contribution is 5.94. The summed E-state index contributed by atoms with van der Waals surface area (Å²) in [6.45, 7) is 11.0. The Bertz CT molecular complexity index is 811. The molecule has 34 heavy (non-hydrogen) atoms. The van der Waals surface area contributed by atoms with Crippen LogP contribution in [0.2, 0.25) is 0 Å². The predicted molar refractivity (Wildman–Crippen MR) is 127 cm³/mol. The number of carboxylic acid groups (broad SMARTS) is 1. The van der Waals surface area contributed by atoms with Gasteiger partial charge < -0.3 is 31.8 Å². The Kier molecular flexibility index (Phi) is 11.7. The van der Waals surface area contributed by atoms with Gasteiger partial charge in [0.1, 0.15) is 18.1 Å². The number of rotatable bonds is 14. The fourth-order valence-electron chi connectivity index (χ4n) is 3.35. The van der Waals surface area contributed by atoms with Gasteiger partial charge in [0.25, 0.3) is 0 Å². The fraction of sp³-hybridized carbons (Fsp3) is 0.696. The third-order valence-corrected chi connectivity index (χ3v) is 5.74. The molecule has 0 saturated heterocycles. The lowest BCUT2D eigenvalue weighted by atomic mass is 9.97. The number of nitrogens with zero attached hydrogens (tertiary/aromatic N) is 1. The molecular weight excluding hydrogens is 440 g/mol. The van der Waals surface area contributed by atoms with Crippen molar-refractivity contribution in [1.82, 2.24) is 25.9 Å². The molecule has 0 saturated carbocycles. The van der Waals surface area contributed by atoms with Crippen molar-refractivity contribution < 1.29 is 24.3 Å². The second-order valence-corrected chi connectivity index (χ2v) is 9.51. The van der Waals surface area contributed by atoms with E-state index in [0.717, 1.165) is 0 Å². The Morgan fingerprint density at radius 3 is 2.06 bits per heavy atom. The number of nitrogens with one attached hydrogen (secondary N) is 4. The summed E-state index contributed by atoms with van der Waals surface area (Å²) in [6.07, 6.45) is 4.08. The first-order valence-electron chi connectivity index (χ1n) is 11.7. The maximum atomic E-state index is 13.2. The van der Waals surface area contributed by atoms with E-state index in [1.54, 1.807) is 13.8 Å². The van der Waals surface area contributed by atoms with Crippen molar-refractivity contribution in [2.75, 3.05) is 0 Å². The Labute approximate surface area is 201 Å². The van der Waals surface area contributed by atoms with Gasteiger partial charge >= 0.3 is 5.97 Å². The van der Waals surface area contributed by atoms with Crippen molar-refractivity contribution in [2.24, 2.45) is 23.5 Å². The van der Waals surface area contributed by atoms with Crippen LogP contribution in [0.25, 0.3) is 0 Å². The van der Waals surface area contributed by atoms with Gasteiger partial charge in [-0.15, -0.1) is 0 Å². The normalized spacial score (nSPS) is 15.8. The summed E-state index contributed by atoms with van der Waals surface area (Å²) in [5.41, 5.74) is 6.61. The minimum atomic E-state index is -1.17. The summed E-state index contributed by atoms with van der Waals surface area (Å²) in [5.74, 6) is -3.14. The zero-order valence-corrected chi connectivity index (χ0v) is 20.9. The van der Waals surface area contributed by atoms with Crippen LogP contribution in [0.1, 0.15) is 60.1 Å². The number of carboxylic acids is 1. The molecule has 1 aromatic heterocycles. The van der Waals surface area contributed by atoms with E-state index in [0.29, 0.717) is 18.5 Å². The number of H-pyrrole nitrogens is 1. The van der Waals surface area contributed by atoms with Gasteiger partial charge in [-0.25, -0.2) is 9.78 Å². The van der Waals surface area contributed by atoms with Crippen LogP contribution in [-0.4, -0.2) is 62.9 Å². The van der Waals surface area contributed by atoms with E-state index in [9.17, 15) is 24.3 Å². The number of aromatic amines is 1. The highest BCUT2D eigenvalue weighted by Gasteiger charge is 2.32. The predicted octanol–water partition coefficient (Wildman–Crippen LogP) is 0.567. The molecule has 1 rings (SSSR count). The van der Waals surface area contributed by atoms with E-state index in [-0.39, 0.29) is 24.2 Å². The zero-order valence-electron chi connectivity index (χ0n) is 20.9. The molecule has 7 N–H and O–H groups in total. The maximum Gasteiger partial charge on any atom is 0.326 e. The van der Waals surface area contributed by atoms with Crippen molar-refractivity contribution in [3.8, 4) is 0 Å². The SMILES string of the molecule is CCC(C)C(N)C(=O)NC(CC(C)C)C(=O)NC(Cc1cnc[nH]1)C(=O)NC(C(=O)O)C(C)C. The number of carbonyl (C=O) groups is 4. The summed E-state index contributed by atoms with van der Waals surface area (Å²) in [7, 11) is 0. The molecule has 0 aliphatic carbocycles. The zero-order chi connectivity index (χ0) is 26.0. The Morgan fingerprint density at radius 2 is 1.59 bits per heavy atom. The van der Waals surface area contributed by atoms with Gasteiger partial charge in [-0.3, -0.25) is 14.4 Å². The van der Waals surface area contributed by atoms with E-state index in [4.69, 9.17) is 5.73 Å². The van der Waals surface area contributed by atoms with E-state index in [2.05, 4.69) is 25.9 Å². The minimum absolute atomic E-state index is 0.0642. The van der Waals surface area contributed by atoms with Crippen molar-refractivity contribution in [3.05, 3.63) is 18.2 Å². The number of hydrogen-bond acceptors (Lipinski definition) is 6.